The van der Waals surface area contributed by atoms with Gasteiger partial charge in [-0.3, -0.25) is 0 Å². The number of hydrogen-bond donors (Lipinski definition) is 0. The van der Waals surface area contributed by atoms with E-state index in [4.69, 9.17) is 11.6 Å². The zero-order valence-electron chi connectivity index (χ0n) is 7.30. The third kappa shape index (κ3) is 2.10. The minimum Gasteiger partial charge on any atom is -0.0837 e. The molecule has 0 saturated heterocycles. The maximum Gasteiger partial charge on any atom is 0.0484 e. The first-order valence-electron chi connectivity index (χ1n) is 4.19. The Morgan fingerprint density at radius 2 is 1.86 bits per heavy atom. The fourth-order valence-electron chi connectivity index (χ4n) is 1.27. The molecule has 14 heavy (non-hydrogen) atoms. The van der Waals surface area contributed by atoms with Crippen LogP contribution in [0.15, 0.2) is 42.5 Å². The zero-order chi connectivity index (χ0) is 9.97. The van der Waals surface area contributed by atoms with Gasteiger partial charge in [-0.1, -0.05) is 35.9 Å². The van der Waals surface area contributed by atoms with E-state index in [1.807, 2.05) is 36.4 Å². The molecule has 2 aromatic carbocycles. The summed E-state index contributed by atoms with van der Waals surface area (Å²) in [6, 6.07) is 17.0. The summed E-state index contributed by atoms with van der Waals surface area (Å²) in [6.45, 7) is 0. The lowest BCUT2D eigenvalue weighted by Gasteiger charge is -2.03. The molecule has 0 atom stereocenters. The van der Waals surface area contributed by atoms with E-state index in [1.54, 1.807) is 0 Å². The first kappa shape index (κ1) is 9.99. The molecule has 0 aliphatic carbocycles. The van der Waals surface area contributed by atoms with Crippen LogP contribution in [0.25, 0.3) is 11.1 Å². The van der Waals surface area contributed by atoms with Gasteiger partial charge in [-0.25, -0.2) is 0 Å². The third-order valence-corrected chi connectivity index (χ3v) is 2.96. The fourth-order valence-corrected chi connectivity index (χ4v) is 1.85. The van der Waals surface area contributed by atoms with E-state index in [-0.39, 0.29) is 0 Å². The van der Waals surface area contributed by atoms with Gasteiger partial charge in [0, 0.05) is 14.2 Å². The van der Waals surface area contributed by atoms with Crippen LogP contribution in [0, 0.1) is 9.64 Å². The molecule has 2 rings (SSSR count). The quantitative estimate of drug-likeness (QED) is 0.684. The lowest BCUT2D eigenvalue weighted by Crippen LogP contribution is -1.79. The highest BCUT2D eigenvalue weighted by molar-refractivity contribution is 14.1. The van der Waals surface area contributed by atoms with Gasteiger partial charge in [-0.05, 0) is 52.4 Å². The van der Waals surface area contributed by atoms with E-state index in [2.05, 4.69) is 34.7 Å². The molecule has 0 heterocycles. The van der Waals surface area contributed by atoms with Crippen LogP contribution < -0.4 is 0 Å². The maximum atomic E-state index is 6.08. The molecule has 0 N–H and O–H groups in total. The number of halogens is 2. The molecule has 0 spiro atoms. The van der Waals surface area contributed by atoms with Crippen LogP contribution in [-0.2, 0) is 0 Å². The highest BCUT2D eigenvalue weighted by Gasteiger charge is 2.01. The normalized spacial score (nSPS) is 10.1. The Morgan fingerprint density at radius 1 is 1.07 bits per heavy atom. The van der Waals surface area contributed by atoms with Gasteiger partial charge in [0.05, 0.1) is 0 Å². The molecule has 0 saturated carbocycles. The smallest absolute Gasteiger partial charge is 0.0484 e. The Labute approximate surface area is 102 Å². The van der Waals surface area contributed by atoms with E-state index in [0.717, 1.165) is 19.7 Å². The Hall–Kier alpha value is -0.540. The predicted molar refractivity (Wildman–Crippen MR) is 68.4 cm³/mol. The summed E-state index contributed by atoms with van der Waals surface area (Å²) in [5.74, 6) is 0. The Kier molecular flexibility index (Phi) is 3.08. The molecule has 0 unspecified atom stereocenters. The molecule has 69 valence electrons. The molecule has 1 radical (unpaired) electrons. The zero-order valence-corrected chi connectivity index (χ0v) is 10.2. The van der Waals surface area contributed by atoms with Gasteiger partial charge >= 0.3 is 0 Å². The van der Waals surface area contributed by atoms with Gasteiger partial charge in [-0.2, -0.15) is 0 Å². The summed E-state index contributed by atoms with van der Waals surface area (Å²) in [7, 11) is 0. The van der Waals surface area contributed by atoms with E-state index in [9.17, 15) is 0 Å². The number of rotatable bonds is 1. The highest BCUT2D eigenvalue weighted by atomic mass is 127. The van der Waals surface area contributed by atoms with Crippen LogP contribution in [0.1, 0.15) is 0 Å². The molecular weight excluding hydrogens is 306 g/mol. The molecule has 2 aromatic rings. The van der Waals surface area contributed by atoms with Gasteiger partial charge < -0.3 is 0 Å². The Bertz CT molecular complexity index is 434. The minimum absolute atomic E-state index is 0.780. The highest BCUT2D eigenvalue weighted by Crippen LogP contribution is 2.27. The Morgan fingerprint density at radius 3 is 2.50 bits per heavy atom. The van der Waals surface area contributed by atoms with Crippen molar-refractivity contribution in [3.63, 3.8) is 0 Å². The second kappa shape index (κ2) is 4.32. The maximum absolute atomic E-state index is 6.08. The summed E-state index contributed by atoms with van der Waals surface area (Å²) in [5.41, 5.74) is 2.16. The summed E-state index contributed by atoms with van der Waals surface area (Å²) in [4.78, 5) is 0. The van der Waals surface area contributed by atoms with Crippen molar-refractivity contribution < 1.29 is 0 Å². The van der Waals surface area contributed by atoms with Gasteiger partial charge in [0.1, 0.15) is 0 Å². The summed E-state index contributed by atoms with van der Waals surface area (Å²) >= 11 is 8.32. The summed E-state index contributed by atoms with van der Waals surface area (Å²) in [5, 5.41) is 0.780. The molecule has 0 nitrogen and oxygen atoms in total. The standard InChI is InChI=1S/C12H7ClI/c13-12-4-2-1-3-11(12)9-5-7-10(14)8-6-9/h1-7H. The van der Waals surface area contributed by atoms with Gasteiger partial charge in [0.2, 0.25) is 0 Å². The molecule has 0 fully saturated rings. The Balaban J connectivity index is 2.50. The molecular formula is C12H7ClI. The van der Waals surface area contributed by atoms with E-state index < -0.39 is 0 Å². The summed E-state index contributed by atoms with van der Waals surface area (Å²) < 4.78 is 1.11. The second-order valence-electron chi connectivity index (χ2n) is 2.91. The van der Waals surface area contributed by atoms with Crippen molar-refractivity contribution in [1.29, 1.82) is 0 Å². The molecule has 0 aromatic heterocycles. The SMILES string of the molecule is Clc1ccccc1-c1c[c]c(I)cc1. The fraction of sp³-hybridized carbons (Fsp3) is 0. The third-order valence-electron chi connectivity index (χ3n) is 1.96. The lowest BCUT2D eigenvalue weighted by atomic mass is 10.1. The van der Waals surface area contributed by atoms with Crippen LogP contribution in [0.2, 0.25) is 5.02 Å². The van der Waals surface area contributed by atoms with E-state index in [1.165, 1.54) is 0 Å². The molecule has 0 aliphatic rings. The van der Waals surface area contributed by atoms with Crippen LogP contribution in [-0.4, -0.2) is 0 Å². The topological polar surface area (TPSA) is 0 Å². The van der Waals surface area contributed by atoms with Crippen molar-refractivity contribution in [3.8, 4) is 11.1 Å². The molecule has 0 amide bonds. The second-order valence-corrected chi connectivity index (χ2v) is 4.47. The van der Waals surface area contributed by atoms with Crippen molar-refractivity contribution in [2.45, 2.75) is 0 Å². The lowest BCUT2D eigenvalue weighted by molar-refractivity contribution is 1.58. The van der Waals surface area contributed by atoms with Gasteiger partial charge in [0.25, 0.3) is 0 Å². The van der Waals surface area contributed by atoms with Crippen LogP contribution in [0.4, 0.5) is 0 Å². The molecule has 0 bridgehead atoms. The van der Waals surface area contributed by atoms with Crippen LogP contribution in [0.3, 0.4) is 0 Å². The summed E-state index contributed by atoms with van der Waals surface area (Å²) in [6.07, 6.45) is 0. The van der Waals surface area contributed by atoms with Crippen LogP contribution in [0.5, 0.6) is 0 Å². The first-order chi connectivity index (χ1) is 6.77. The van der Waals surface area contributed by atoms with Gasteiger partial charge in [0.15, 0.2) is 0 Å². The van der Waals surface area contributed by atoms with Crippen LogP contribution >= 0.6 is 34.2 Å². The first-order valence-corrected chi connectivity index (χ1v) is 5.65. The largest absolute Gasteiger partial charge is 0.0837 e. The van der Waals surface area contributed by atoms with Crippen molar-refractivity contribution in [2.75, 3.05) is 0 Å². The average Bonchev–Trinajstić information content (AvgIpc) is 2.20. The van der Waals surface area contributed by atoms with E-state index >= 15 is 0 Å². The van der Waals surface area contributed by atoms with Crippen molar-refractivity contribution >= 4 is 34.2 Å². The van der Waals surface area contributed by atoms with Crippen molar-refractivity contribution in [2.24, 2.45) is 0 Å². The minimum atomic E-state index is 0.780. The predicted octanol–water partition coefficient (Wildman–Crippen LogP) is 4.41. The van der Waals surface area contributed by atoms with E-state index in [0.29, 0.717) is 0 Å². The molecule has 2 heteroatoms. The van der Waals surface area contributed by atoms with Crippen molar-refractivity contribution in [3.05, 3.63) is 57.1 Å². The van der Waals surface area contributed by atoms with Gasteiger partial charge in [-0.15, -0.1) is 0 Å². The number of benzene rings is 2. The molecule has 0 aliphatic heterocycles. The number of hydrogen-bond acceptors (Lipinski definition) is 0. The average molecular weight is 314 g/mol. The monoisotopic (exact) mass is 313 g/mol. The van der Waals surface area contributed by atoms with Crippen molar-refractivity contribution in [1.82, 2.24) is 0 Å².